The molecule has 0 fully saturated rings. The summed E-state index contributed by atoms with van der Waals surface area (Å²) in [6, 6.07) is 4.39. The van der Waals surface area contributed by atoms with Crippen molar-refractivity contribution in [3.05, 3.63) is 28.2 Å². The maximum Gasteiger partial charge on any atom is 0.389 e. The summed E-state index contributed by atoms with van der Waals surface area (Å²) in [5.74, 6) is -0.679. The second-order valence-corrected chi connectivity index (χ2v) is 4.91. The molecule has 0 unspecified atom stereocenters. The molecule has 0 atom stereocenters. The highest BCUT2D eigenvalue weighted by Gasteiger charge is 2.25. The van der Waals surface area contributed by atoms with Crippen molar-refractivity contribution in [1.82, 2.24) is 5.32 Å². The summed E-state index contributed by atoms with van der Waals surface area (Å²) >= 11 is 3.16. The van der Waals surface area contributed by atoms with Gasteiger partial charge < -0.3 is 10.4 Å². The average molecular weight is 340 g/mol. The fraction of sp³-hybridized carbons (Fsp3) is 0.417. The summed E-state index contributed by atoms with van der Waals surface area (Å²) in [6.07, 6.45) is -4.81. The minimum absolute atomic E-state index is 0.0335. The molecule has 0 aliphatic rings. The maximum atomic E-state index is 11.9. The minimum Gasteiger partial charge on any atom is -0.507 e. The van der Waals surface area contributed by atoms with Gasteiger partial charge in [-0.2, -0.15) is 13.2 Å². The van der Waals surface area contributed by atoms with Gasteiger partial charge >= 0.3 is 6.18 Å². The molecule has 0 aromatic heterocycles. The van der Waals surface area contributed by atoms with Crippen molar-refractivity contribution in [2.45, 2.75) is 25.4 Å². The van der Waals surface area contributed by atoms with Gasteiger partial charge in [0.1, 0.15) is 5.75 Å². The van der Waals surface area contributed by atoms with Crippen LogP contribution in [0, 0.1) is 0 Å². The van der Waals surface area contributed by atoms with Gasteiger partial charge in [0.2, 0.25) is 0 Å². The minimum atomic E-state index is -4.16. The monoisotopic (exact) mass is 339 g/mol. The van der Waals surface area contributed by atoms with Crippen molar-refractivity contribution in [3.8, 4) is 5.75 Å². The number of rotatable bonds is 5. The van der Waals surface area contributed by atoms with Gasteiger partial charge in [0.15, 0.2) is 0 Å². The van der Waals surface area contributed by atoms with Crippen molar-refractivity contribution >= 4 is 21.8 Å². The van der Waals surface area contributed by atoms with E-state index in [-0.39, 0.29) is 30.7 Å². The van der Waals surface area contributed by atoms with Crippen LogP contribution in [0.5, 0.6) is 5.75 Å². The lowest BCUT2D eigenvalue weighted by molar-refractivity contribution is -0.135. The molecule has 19 heavy (non-hydrogen) atoms. The number of alkyl halides is 3. The molecule has 0 saturated heterocycles. The van der Waals surface area contributed by atoms with E-state index in [1.54, 1.807) is 6.07 Å². The molecule has 1 aromatic rings. The topological polar surface area (TPSA) is 49.3 Å². The lowest BCUT2D eigenvalue weighted by Crippen LogP contribution is -2.24. The van der Waals surface area contributed by atoms with E-state index in [0.717, 1.165) is 0 Å². The molecule has 1 aromatic carbocycles. The molecular formula is C12H13BrF3NO2. The third-order valence-electron chi connectivity index (χ3n) is 2.38. The number of phenolic OH excluding ortho intramolecular Hbond substituents is 1. The molecular weight excluding hydrogens is 327 g/mol. The van der Waals surface area contributed by atoms with Gasteiger partial charge in [0, 0.05) is 17.4 Å². The summed E-state index contributed by atoms with van der Waals surface area (Å²) < 4.78 is 36.3. The van der Waals surface area contributed by atoms with Crippen molar-refractivity contribution in [1.29, 1.82) is 0 Å². The van der Waals surface area contributed by atoms with Crippen LogP contribution >= 0.6 is 15.9 Å². The van der Waals surface area contributed by atoms with E-state index in [1.807, 2.05) is 0 Å². The second kappa shape index (κ2) is 6.79. The number of benzene rings is 1. The quantitative estimate of drug-likeness (QED) is 0.805. The SMILES string of the molecule is O=C(NCCCCC(F)(F)F)c1cc(Br)ccc1O. The zero-order valence-corrected chi connectivity index (χ0v) is 11.5. The number of phenols is 1. The van der Waals surface area contributed by atoms with Crippen molar-refractivity contribution in [2.24, 2.45) is 0 Å². The van der Waals surface area contributed by atoms with Crippen LogP contribution in [-0.4, -0.2) is 23.7 Å². The molecule has 0 bridgehead atoms. The van der Waals surface area contributed by atoms with Crippen LogP contribution in [0.15, 0.2) is 22.7 Å². The summed E-state index contributed by atoms with van der Waals surface area (Å²) in [6.45, 7) is 0.140. The van der Waals surface area contributed by atoms with Gasteiger partial charge in [-0.3, -0.25) is 4.79 Å². The van der Waals surface area contributed by atoms with Crippen LogP contribution in [0.1, 0.15) is 29.6 Å². The van der Waals surface area contributed by atoms with Crippen molar-refractivity contribution in [3.63, 3.8) is 0 Å². The van der Waals surface area contributed by atoms with Gasteiger partial charge in [0.25, 0.3) is 5.91 Å². The Bertz CT molecular complexity index is 449. The first-order valence-corrected chi connectivity index (χ1v) is 6.42. The number of halogens is 4. The molecule has 0 radical (unpaired) electrons. The highest BCUT2D eigenvalue weighted by Crippen LogP contribution is 2.23. The van der Waals surface area contributed by atoms with Crippen molar-refractivity contribution < 1.29 is 23.1 Å². The smallest absolute Gasteiger partial charge is 0.389 e. The predicted octanol–water partition coefficient (Wildman–Crippen LogP) is 3.62. The third kappa shape index (κ3) is 5.96. The largest absolute Gasteiger partial charge is 0.507 e. The normalized spacial score (nSPS) is 11.4. The summed E-state index contributed by atoms with van der Waals surface area (Å²) in [7, 11) is 0. The highest BCUT2D eigenvalue weighted by atomic mass is 79.9. The van der Waals surface area contributed by atoms with Crippen LogP contribution in [0.2, 0.25) is 0 Å². The first-order chi connectivity index (χ1) is 8.79. The van der Waals surface area contributed by atoms with Gasteiger partial charge in [-0.15, -0.1) is 0 Å². The van der Waals surface area contributed by atoms with E-state index in [2.05, 4.69) is 21.2 Å². The van der Waals surface area contributed by atoms with E-state index in [1.165, 1.54) is 12.1 Å². The zero-order valence-electron chi connectivity index (χ0n) is 9.93. The lowest BCUT2D eigenvalue weighted by Gasteiger charge is -2.08. The molecule has 0 heterocycles. The molecule has 0 spiro atoms. The molecule has 3 nitrogen and oxygen atoms in total. The molecule has 1 rings (SSSR count). The van der Waals surface area contributed by atoms with E-state index >= 15 is 0 Å². The number of unbranched alkanes of at least 4 members (excludes halogenated alkanes) is 1. The number of amides is 1. The molecule has 0 saturated carbocycles. The number of carbonyl (C=O) groups is 1. The standard InChI is InChI=1S/C12H13BrF3NO2/c13-8-3-4-10(18)9(7-8)11(19)17-6-2-1-5-12(14,15)16/h3-4,7,18H,1-2,5-6H2,(H,17,19). The van der Waals surface area contributed by atoms with E-state index in [9.17, 15) is 23.1 Å². The number of carbonyl (C=O) groups excluding carboxylic acids is 1. The number of aromatic hydroxyl groups is 1. The van der Waals surface area contributed by atoms with Gasteiger partial charge in [-0.05, 0) is 31.0 Å². The van der Waals surface area contributed by atoms with Gasteiger partial charge in [-0.1, -0.05) is 15.9 Å². The Kier molecular flexibility index (Phi) is 5.65. The summed E-state index contributed by atoms with van der Waals surface area (Å²) in [5, 5.41) is 12.0. The van der Waals surface area contributed by atoms with E-state index < -0.39 is 18.5 Å². The first-order valence-electron chi connectivity index (χ1n) is 5.63. The van der Waals surface area contributed by atoms with E-state index in [4.69, 9.17) is 0 Å². The highest BCUT2D eigenvalue weighted by molar-refractivity contribution is 9.10. The Hall–Kier alpha value is -1.24. The average Bonchev–Trinajstić information content (AvgIpc) is 2.30. The van der Waals surface area contributed by atoms with E-state index in [0.29, 0.717) is 4.47 Å². The van der Waals surface area contributed by atoms with Crippen LogP contribution in [0.25, 0.3) is 0 Å². The van der Waals surface area contributed by atoms with Crippen LogP contribution in [-0.2, 0) is 0 Å². The molecule has 0 aliphatic heterocycles. The second-order valence-electron chi connectivity index (χ2n) is 3.99. The Labute approximate surface area is 116 Å². The fourth-order valence-electron chi connectivity index (χ4n) is 1.44. The molecule has 106 valence electrons. The lowest BCUT2D eigenvalue weighted by atomic mass is 10.2. The Morgan fingerprint density at radius 2 is 2.00 bits per heavy atom. The predicted molar refractivity (Wildman–Crippen MR) is 68.0 cm³/mol. The first kappa shape index (κ1) is 15.8. The van der Waals surface area contributed by atoms with Gasteiger partial charge in [0.05, 0.1) is 5.56 Å². The van der Waals surface area contributed by atoms with Crippen LogP contribution in [0.4, 0.5) is 13.2 Å². The number of hydrogen-bond acceptors (Lipinski definition) is 2. The number of nitrogens with one attached hydrogen (secondary N) is 1. The Balaban J connectivity index is 2.38. The molecule has 1 amide bonds. The fourth-order valence-corrected chi connectivity index (χ4v) is 1.80. The Morgan fingerprint density at radius 1 is 1.32 bits per heavy atom. The van der Waals surface area contributed by atoms with Crippen molar-refractivity contribution in [2.75, 3.05) is 6.54 Å². The van der Waals surface area contributed by atoms with Gasteiger partial charge in [-0.25, -0.2) is 0 Å². The summed E-state index contributed by atoms with van der Waals surface area (Å²) in [4.78, 5) is 11.7. The third-order valence-corrected chi connectivity index (χ3v) is 2.87. The summed E-state index contributed by atoms with van der Waals surface area (Å²) in [5.41, 5.74) is 0.0881. The number of hydrogen-bond donors (Lipinski definition) is 2. The maximum absolute atomic E-state index is 11.9. The zero-order chi connectivity index (χ0) is 14.5. The molecule has 0 aliphatic carbocycles. The van der Waals surface area contributed by atoms with Crippen LogP contribution in [0.3, 0.4) is 0 Å². The molecule has 2 N–H and O–H groups in total. The Morgan fingerprint density at radius 3 is 2.63 bits per heavy atom. The molecule has 7 heteroatoms. The van der Waals surface area contributed by atoms with Crippen LogP contribution < -0.4 is 5.32 Å².